The zero-order valence-corrected chi connectivity index (χ0v) is 18.5. The first-order valence-corrected chi connectivity index (χ1v) is 10.5. The number of fused-ring (bicyclic) bond motifs is 1. The highest BCUT2D eigenvalue weighted by atomic mass is 35.5. The molecule has 0 spiro atoms. The van der Waals surface area contributed by atoms with Gasteiger partial charge in [-0.25, -0.2) is 9.69 Å². The Morgan fingerprint density at radius 2 is 1.97 bits per heavy atom. The zero-order chi connectivity index (χ0) is 22.9. The zero-order valence-electron chi connectivity index (χ0n) is 17.7. The average molecular weight is 449 g/mol. The number of hydrogen-bond donors (Lipinski definition) is 0. The van der Waals surface area contributed by atoms with Gasteiger partial charge in [0, 0.05) is 24.2 Å². The summed E-state index contributed by atoms with van der Waals surface area (Å²) < 4.78 is 5.83. The van der Waals surface area contributed by atoms with E-state index in [2.05, 4.69) is 4.98 Å². The second-order valence-electron chi connectivity index (χ2n) is 7.97. The van der Waals surface area contributed by atoms with Gasteiger partial charge in [-0.05, 0) is 56.7 Å². The highest BCUT2D eigenvalue weighted by molar-refractivity contribution is 6.32. The Kier molecular flexibility index (Phi) is 5.72. The van der Waals surface area contributed by atoms with Crippen LogP contribution < -0.4 is 9.64 Å². The number of urea groups is 1. The number of nitrogens with zero attached hydrogens (tertiary/aromatic N) is 4. The van der Waals surface area contributed by atoms with Crippen LogP contribution in [0.5, 0.6) is 5.75 Å². The summed E-state index contributed by atoms with van der Waals surface area (Å²) in [5.41, 5.74) is 0.471. The van der Waals surface area contributed by atoms with E-state index in [4.69, 9.17) is 21.6 Å². The van der Waals surface area contributed by atoms with Crippen LogP contribution in [0.4, 0.5) is 10.5 Å². The van der Waals surface area contributed by atoms with E-state index in [0.717, 1.165) is 15.8 Å². The lowest BCUT2D eigenvalue weighted by Crippen LogP contribution is -2.44. The monoisotopic (exact) mass is 448 g/mol. The number of imide groups is 1. The van der Waals surface area contributed by atoms with Gasteiger partial charge in [0.25, 0.3) is 5.91 Å². The Morgan fingerprint density at radius 1 is 1.16 bits per heavy atom. The number of rotatable bonds is 6. The molecule has 2 aromatic carbocycles. The van der Waals surface area contributed by atoms with Crippen LogP contribution in [-0.4, -0.2) is 40.5 Å². The van der Waals surface area contributed by atoms with Crippen LogP contribution in [0.2, 0.25) is 5.02 Å². The number of aromatic nitrogens is 1. The van der Waals surface area contributed by atoms with Gasteiger partial charge in [0.05, 0.1) is 28.4 Å². The van der Waals surface area contributed by atoms with E-state index in [1.54, 1.807) is 26.1 Å². The summed E-state index contributed by atoms with van der Waals surface area (Å²) in [6.45, 7) is 4.17. The molecule has 3 amide bonds. The minimum atomic E-state index is -1.01. The van der Waals surface area contributed by atoms with Gasteiger partial charge in [0.2, 0.25) is 0 Å². The molecule has 0 N–H and O–H groups in total. The number of ether oxygens (including phenoxy) is 1. The van der Waals surface area contributed by atoms with Crippen molar-refractivity contribution in [1.82, 2.24) is 9.88 Å². The van der Waals surface area contributed by atoms with E-state index in [9.17, 15) is 9.59 Å². The van der Waals surface area contributed by atoms with E-state index >= 15 is 0 Å². The summed E-state index contributed by atoms with van der Waals surface area (Å²) in [5, 5.41) is 10.3. The maximum Gasteiger partial charge on any atom is 0.332 e. The SMILES string of the molecule is CC1(C)C(=O)N(c2ccc(C#N)c(Cl)c2)C(=O)N1CCCOc1ccc2cccnc2c1. The Hall–Kier alpha value is -3.63. The van der Waals surface area contributed by atoms with Gasteiger partial charge in [-0.1, -0.05) is 17.7 Å². The molecular weight excluding hydrogens is 428 g/mol. The molecule has 162 valence electrons. The molecule has 7 nitrogen and oxygen atoms in total. The molecule has 0 unspecified atom stereocenters. The fraction of sp³-hybridized carbons (Fsp3) is 0.250. The van der Waals surface area contributed by atoms with E-state index in [1.165, 1.54) is 17.0 Å². The average Bonchev–Trinajstić information content (AvgIpc) is 2.95. The van der Waals surface area contributed by atoms with Crippen LogP contribution >= 0.6 is 11.6 Å². The van der Waals surface area contributed by atoms with E-state index < -0.39 is 11.6 Å². The van der Waals surface area contributed by atoms with Gasteiger partial charge in [-0.2, -0.15) is 5.26 Å². The fourth-order valence-electron chi connectivity index (χ4n) is 3.72. The first-order valence-electron chi connectivity index (χ1n) is 10.2. The van der Waals surface area contributed by atoms with Crippen LogP contribution in [0.3, 0.4) is 0 Å². The van der Waals surface area contributed by atoms with Crippen LogP contribution in [0.15, 0.2) is 54.7 Å². The van der Waals surface area contributed by atoms with Crippen LogP contribution in [0, 0.1) is 11.3 Å². The van der Waals surface area contributed by atoms with Crippen molar-refractivity contribution in [2.24, 2.45) is 0 Å². The minimum Gasteiger partial charge on any atom is -0.493 e. The quantitative estimate of drug-likeness (QED) is 0.400. The van der Waals surface area contributed by atoms with Crippen LogP contribution in [-0.2, 0) is 4.79 Å². The Morgan fingerprint density at radius 3 is 2.72 bits per heavy atom. The van der Waals surface area contributed by atoms with Gasteiger partial charge < -0.3 is 9.64 Å². The maximum absolute atomic E-state index is 13.1. The number of benzene rings is 2. The lowest BCUT2D eigenvalue weighted by molar-refractivity contribution is -0.123. The van der Waals surface area contributed by atoms with Crippen molar-refractivity contribution in [2.45, 2.75) is 25.8 Å². The molecule has 1 aromatic heterocycles. The van der Waals surface area contributed by atoms with Gasteiger partial charge in [0.1, 0.15) is 17.4 Å². The second-order valence-corrected chi connectivity index (χ2v) is 8.38. The Labute approximate surface area is 190 Å². The number of hydrogen-bond acceptors (Lipinski definition) is 5. The smallest absolute Gasteiger partial charge is 0.332 e. The molecule has 1 saturated heterocycles. The van der Waals surface area contributed by atoms with Crippen molar-refractivity contribution in [3.8, 4) is 11.8 Å². The number of nitriles is 1. The van der Waals surface area contributed by atoms with Crippen molar-refractivity contribution in [3.63, 3.8) is 0 Å². The summed E-state index contributed by atoms with van der Waals surface area (Å²) >= 11 is 6.10. The highest BCUT2D eigenvalue weighted by Gasteiger charge is 2.51. The first kappa shape index (κ1) is 21.6. The number of amides is 3. The fourth-order valence-corrected chi connectivity index (χ4v) is 3.94. The standard InChI is InChI=1S/C24H21ClN4O3/c1-24(2)22(30)29(18-8-6-17(15-26)20(25)13-18)23(31)28(24)11-4-12-32-19-9-7-16-5-3-10-27-21(16)14-19/h3,5-10,13-14H,4,11-12H2,1-2H3. The van der Waals surface area contributed by atoms with E-state index in [1.807, 2.05) is 36.4 Å². The summed E-state index contributed by atoms with van der Waals surface area (Å²) in [6.07, 6.45) is 2.28. The summed E-state index contributed by atoms with van der Waals surface area (Å²) in [4.78, 5) is 33.1. The second kappa shape index (κ2) is 8.48. The van der Waals surface area contributed by atoms with Gasteiger partial charge >= 0.3 is 6.03 Å². The topological polar surface area (TPSA) is 86.5 Å². The van der Waals surface area contributed by atoms with Crippen molar-refractivity contribution in [2.75, 3.05) is 18.1 Å². The minimum absolute atomic E-state index is 0.195. The summed E-state index contributed by atoms with van der Waals surface area (Å²) in [7, 11) is 0. The predicted octanol–water partition coefficient (Wildman–Crippen LogP) is 4.78. The van der Waals surface area contributed by atoms with Crippen molar-refractivity contribution in [1.29, 1.82) is 5.26 Å². The van der Waals surface area contributed by atoms with Crippen LogP contribution in [0.25, 0.3) is 10.9 Å². The third-order valence-electron chi connectivity index (χ3n) is 5.53. The largest absolute Gasteiger partial charge is 0.493 e. The van der Waals surface area contributed by atoms with Crippen molar-refractivity contribution in [3.05, 3.63) is 65.3 Å². The molecule has 1 fully saturated rings. The third kappa shape index (κ3) is 3.85. The first-order chi connectivity index (χ1) is 15.3. The molecule has 0 saturated carbocycles. The normalized spacial score (nSPS) is 15.3. The third-order valence-corrected chi connectivity index (χ3v) is 5.84. The maximum atomic E-state index is 13.1. The number of halogens is 1. The molecular formula is C24H21ClN4O3. The number of anilines is 1. The van der Waals surface area contributed by atoms with E-state index in [-0.39, 0.29) is 16.5 Å². The molecule has 3 aromatic rings. The molecule has 1 aliphatic heterocycles. The Balaban J connectivity index is 1.42. The molecule has 0 atom stereocenters. The molecule has 0 radical (unpaired) electrons. The number of carbonyl (C=O) groups is 2. The van der Waals surface area contributed by atoms with Gasteiger partial charge in [0.15, 0.2) is 0 Å². The van der Waals surface area contributed by atoms with Crippen LogP contribution in [0.1, 0.15) is 25.8 Å². The number of pyridine rings is 1. The van der Waals surface area contributed by atoms with Crippen molar-refractivity contribution < 1.29 is 14.3 Å². The molecule has 0 aliphatic carbocycles. The molecule has 0 bridgehead atoms. The van der Waals surface area contributed by atoms with Crippen molar-refractivity contribution >= 4 is 40.1 Å². The summed E-state index contributed by atoms with van der Waals surface area (Å²) in [6, 6.07) is 15.6. The lowest BCUT2D eigenvalue weighted by Gasteiger charge is -2.27. The summed E-state index contributed by atoms with van der Waals surface area (Å²) in [5.74, 6) is 0.359. The molecule has 2 heterocycles. The molecule has 32 heavy (non-hydrogen) atoms. The molecule has 1 aliphatic rings. The number of carbonyl (C=O) groups excluding carboxylic acids is 2. The Bertz CT molecular complexity index is 1250. The lowest BCUT2D eigenvalue weighted by atomic mass is 10.0. The molecule has 4 rings (SSSR count). The van der Waals surface area contributed by atoms with E-state index in [0.29, 0.717) is 31.0 Å². The highest BCUT2D eigenvalue weighted by Crippen LogP contribution is 2.34. The van der Waals surface area contributed by atoms with Gasteiger partial charge in [-0.15, -0.1) is 0 Å². The predicted molar refractivity (Wildman–Crippen MR) is 122 cm³/mol. The van der Waals surface area contributed by atoms with Gasteiger partial charge in [-0.3, -0.25) is 9.78 Å². The molecule has 8 heteroatoms.